The van der Waals surface area contributed by atoms with Crippen molar-refractivity contribution in [2.24, 2.45) is 0 Å². The molecule has 1 N–H and O–H groups in total. The minimum Gasteiger partial charge on any atom is -0.382 e. The van der Waals surface area contributed by atoms with Crippen LogP contribution in [0.1, 0.15) is 19.8 Å². The number of halogens is 3. The van der Waals surface area contributed by atoms with E-state index in [1.165, 1.54) is 0 Å². The summed E-state index contributed by atoms with van der Waals surface area (Å²) in [5, 5.41) is 8.97. The molecule has 96 valence electrons. The van der Waals surface area contributed by atoms with Crippen molar-refractivity contribution in [3.05, 3.63) is 0 Å². The van der Waals surface area contributed by atoms with Gasteiger partial charge in [0, 0.05) is 20.2 Å². The Bertz CT molecular complexity index is 235. The van der Waals surface area contributed by atoms with Crippen molar-refractivity contribution in [1.29, 1.82) is 0 Å². The van der Waals surface area contributed by atoms with Crippen molar-refractivity contribution in [1.82, 2.24) is 4.90 Å². The second-order valence-corrected chi connectivity index (χ2v) is 4.55. The normalized spacial score (nSPS) is 30.4. The summed E-state index contributed by atoms with van der Waals surface area (Å²) in [5.74, 6) is 0. The van der Waals surface area contributed by atoms with Gasteiger partial charge in [-0.05, 0) is 26.3 Å². The van der Waals surface area contributed by atoms with Gasteiger partial charge in [-0.2, -0.15) is 13.2 Å². The van der Waals surface area contributed by atoms with Crippen LogP contribution in [0.5, 0.6) is 0 Å². The lowest BCUT2D eigenvalue weighted by Crippen LogP contribution is -2.51. The highest BCUT2D eigenvalue weighted by Crippen LogP contribution is 2.26. The van der Waals surface area contributed by atoms with Gasteiger partial charge in [-0.3, -0.25) is 4.90 Å². The van der Waals surface area contributed by atoms with Crippen LogP contribution in [0.4, 0.5) is 13.2 Å². The first kappa shape index (κ1) is 13.7. The summed E-state index contributed by atoms with van der Waals surface area (Å²) in [6, 6.07) is 0. The quantitative estimate of drug-likeness (QED) is 0.811. The van der Waals surface area contributed by atoms with Gasteiger partial charge in [-0.1, -0.05) is 0 Å². The first-order chi connectivity index (χ1) is 7.27. The molecule has 1 heterocycles. The van der Waals surface area contributed by atoms with E-state index in [1.807, 2.05) is 6.92 Å². The Morgan fingerprint density at radius 1 is 1.50 bits per heavy atom. The highest BCUT2D eigenvalue weighted by atomic mass is 19.4. The second kappa shape index (κ2) is 4.89. The molecule has 2 unspecified atom stereocenters. The van der Waals surface area contributed by atoms with Crippen LogP contribution in [0.15, 0.2) is 0 Å². The number of nitrogens with zero attached hydrogens (tertiary/aromatic N) is 1. The summed E-state index contributed by atoms with van der Waals surface area (Å²) in [6.45, 7) is 2.50. The topological polar surface area (TPSA) is 32.7 Å². The monoisotopic (exact) mass is 241 g/mol. The van der Waals surface area contributed by atoms with Gasteiger partial charge in [0.1, 0.15) is 0 Å². The third-order valence-electron chi connectivity index (χ3n) is 3.04. The van der Waals surface area contributed by atoms with Gasteiger partial charge >= 0.3 is 6.18 Å². The maximum absolute atomic E-state index is 12.2. The zero-order valence-electron chi connectivity index (χ0n) is 9.55. The van der Waals surface area contributed by atoms with E-state index in [9.17, 15) is 13.2 Å². The van der Waals surface area contributed by atoms with Crippen LogP contribution in [0, 0.1) is 0 Å². The number of hydrogen-bond donors (Lipinski definition) is 1. The van der Waals surface area contributed by atoms with E-state index in [1.54, 1.807) is 12.0 Å². The first-order valence-corrected chi connectivity index (χ1v) is 5.29. The van der Waals surface area contributed by atoms with E-state index in [2.05, 4.69) is 0 Å². The molecule has 0 aromatic heterocycles. The fourth-order valence-electron chi connectivity index (χ4n) is 1.98. The molecule has 0 aromatic rings. The Balaban J connectivity index is 2.49. The van der Waals surface area contributed by atoms with E-state index in [0.29, 0.717) is 13.1 Å². The largest absolute Gasteiger partial charge is 0.415 e. The number of piperidine rings is 1. The summed E-state index contributed by atoms with van der Waals surface area (Å²) >= 11 is 0. The lowest BCUT2D eigenvalue weighted by Gasteiger charge is -2.40. The zero-order valence-corrected chi connectivity index (χ0v) is 9.55. The maximum Gasteiger partial charge on any atom is 0.415 e. The predicted molar refractivity (Wildman–Crippen MR) is 53.1 cm³/mol. The highest BCUT2D eigenvalue weighted by molar-refractivity contribution is 4.86. The third-order valence-corrected chi connectivity index (χ3v) is 3.04. The molecular formula is C10H18F3NO2. The molecule has 1 rings (SSSR count). The predicted octanol–water partition coefficient (Wildman–Crippen LogP) is 1.41. The molecule has 0 amide bonds. The van der Waals surface area contributed by atoms with E-state index in [0.717, 1.165) is 12.8 Å². The molecule has 1 saturated heterocycles. The molecule has 3 nitrogen and oxygen atoms in total. The smallest absolute Gasteiger partial charge is 0.382 e. The van der Waals surface area contributed by atoms with Crippen molar-refractivity contribution in [2.45, 2.75) is 37.6 Å². The van der Waals surface area contributed by atoms with Gasteiger partial charge in [0.25, 0.3) is 0 Å². The number of aliphatic hydroxyl groups excluding tert-OH is 1. The van der Waals surface area contributed by atoms with E-state index in [-0.39, 0.29) is 6.54 Å². The van der Waals surface area contributed by atoms with Gasteiger partial charge in [-0.25, -0.2) is 0 Å². The van der Waals surface area contributed by atoms with Gasteiger partial charge in [0.05, 0.1) is 5.60 Å². The standard InChI is InChI=1S/C10H18F3NO2/c1-9(16-2)4-3-5-14(7-9)6-8(15)10(11,12)13/h8,15H,3-7H2,1-2H3. The number of ether oxygens (including phenoxy) is 1. The molecule has 0 spiro atoms. The van der Waals surface area contributed by atoms with Crippen molar-refractivity contribution in [3.8, 4) is 0 Å². The van der Waals surface area contributed by atoms with Crippen LogP contribution >= 0.6 is 0 Å². The van der Waals surface area contributed by atoms with Crippen LogP contribution in [-0.4, -0.2) is 54.6 Å². The number of alkyl halides is 3. The third kappa shape index (κ3) is 3.61. The summed E-state index contributed by atoms with van der Waals surface area (Å²) in [7, 11) is 1.56. The maximum atomic E-state index is 12.2. The Labute approximate surface area is 93.2 Å². The molecule has 0 radical (unpaired) electrons. The molecule has 0 aliphatic carbocycles. The Kier molecular flexibility index (Phi) is 4.20. The van der Waals surface area contributed by atoms with Crippen molar-refractivity contribution < 1.29 is 23.0 Å². The first-order valence-electron chi connectivity index (χ1n) is 5.29. The molecule has 0 bridgehead atoms. The second-order valence-electron chi connectivity index (χ2n) is 4.55. The molecule has 16 heavy (non-hydrogen) atoms. The molecular weight excluding hydrogens is 223 g/mol. The van der Waals surface area contributed by atoms with Crippen molar-refractivity contribution in [2.75, 3.05) is 26.7 Å². The number of rotatable bonds is 3. The summed E-state index contributed by atoms with van der Waals surface area (Å²) in [4.78, 5) is 1.60. The number of likely N-dealkylation sites (tertiary alicyclic amines) is 1. The van der Waals surface area contributed by atoms with E-state index in [4.69, 9.17) is 9.84 Å². The SMILES string of the molecule is COC1(C)CCCN(CC(O)C(F)(F)F)C1. The molecule has 2 atom stereocenters. The molecule has 0 aromatic carbocycles. The molecule has 1 aliphatic heterocycles. The fraction of sp³-hybridized carbons (Fsp3) is 1.00. The summed E-state index contributed by atoms with van der Waals surface area (Å²) in [5.41, 5.74) is -0.399. The van der Waals surface area contributed by atoms with Crippen LogP contribution in [0.25, 0.3) is 0 Å². The minimum atomic E-state index is -4.54. The van der Waals surface area contributed by atoms with Crippen molar-refractivity contribution in [3.63, 3.8) is 0 Å². The van der Waals surface area contributed by atoms with Gasteiger partial charge in [0.15, 0.2) is 6.10 Å². The Morgan fingerprint density at radius 3 is 2.62 bits per heavy atom. The van der Waals surface area contributed by atoms with E-state index >= 15 is 0 Å². The number of hydrogen-bond acceptors (Lipinski definition) is 3. The van der Waals surface area contributed by atoms with Crippen LogP contribution in [0.3, 0.4) is 0 Å². The molecule has 1 aliphatic rings. The highest BCUT2D eigenvalue weighted by Gasteiger charge is 2.41. The van der Waals surface area contributed by atoms with Crippen LogP contribution in [0.2, 0.25) is 0 Å². The average molecular weight is 241 g/mol. The number of β-amino-alcohol motifs (C(OH)–C–C–N with tert-alkyl or cyclic N) is 1. The lowest BCUT2D eigenvalue weighted by atomic mass is 9.94. The zero-order chi connectivity index (χ0) is 12.4. The molecule has 6 heteroatoms. The number of aliphatic hydroxyl groups is 1. The summed E-state index contributed by atoms with van der Waals surface area (Å²) < 4.78 is 41.8. The number of methoxy groups -OCH3 is 1. The van der Waals surface area contributed by atoms with Gasteiger partial charge < -0.3 is 9.84 Å². The average Bonchev–Trinajstić information content (AvgIpc) is 2.16. The van der Waals surface area contributed by atoms with Gasteiger partial charge in [-0.15, -0.1) is 0 Å². The van der Waals surface area contributed by atoms with Crippen LogP contribution in [-0.2, 0) is 4.74 Å². The minimum absolute atomic E-state index is 0.373. The lowest BCUT2D eigenvalue weighted by molar-refractivity contribution is -0.211. The van der Waals surface area contributed by atoms with Crippen molar-refractivity contribution >= 4 is 0 Å². The van der Waals surface area contributed by atoms with Gasteiger partial charge in [0.2, 0.25) is 0 Å². The van der Waals surface area contributed by atoms with E-state index < -0.39 is 17.9 Å². The molecule has 1 fully saturated rings. The Morgan fingerprint density at radius 2 is 2.12 bits per heavy atom. The Hall–Kier alpha value is -0.330. The summed E-state index contributed by atoms with van der Waals surface area (Å²) in [6.07, 6.45) is -5.19. The fourth-order valence-corrected chi connectivity index (χ4v) is 1.98. The molecule has 0 saturated carbocycles. The van der Waals surface area contributed by atoms with Crippen LogP contribution < -0.4 is 0 Å².